The molecule has 1 aromatic carbocycles. The Labute approximate surface area is 124 Å². The van der Waals surface area contributed by atoms with E-state index >= 15 is 0 Å². The van der Waals surface area contributed by atoms with Gasteiger partial charge in [0.15, 0.2) is 17.6 Å². The molecule has 1 atom stereocenters. The highest BCUT2D eigenvalue weighted by atomic mass is 16.6. The van der Waals surface area contributed by atoms with Gasteiger partial charge in [0.2, 0.25) is 0 Å². The molecule has 0 spiro atoms. The van der Waals surface area contributed by atoms with Crippen molar-refractivity contribution in [2.75, 3.05) is 6.61 Å². The van der Waals surface area contributed by atoms with Gasteiger partial charge in [-0.25, -0.2) is 0 Å². The highest BCUT2D eigenvalue weighted by Crippen LogP contribution is 2.31. The van der Waals surface area contributed by atoms with Crippen molar-refractivity contribution in [3.8, 4) is 11.5 Å². The van der Waals surface area contributed by atoms with Gasteiger partial charge in [-0.3, -0.25) is 4.99 Å². The lowest BCUT2D eigenvalue weighted by molar-refractivity contribution is 0.133. The molecule has 3 rings (SSSR count). The molecule has 0 aliphatic carbocycles. The smallest absolute Gasteiger partial charge is 0.189 e. The molecule has 0 fully saturated rings. The fourth-order valence-electron chi connectivity index (χ4n) is 2.01. The lowest BCUT2D eigenvalue weighted by Crippen LogP contribution is -2.61. The molecule has 2 aliphatic heterocycles. The van der Waals surface area contributed by atoms with Crippen LogP contribution in [0, 0.1) is 0 Å². The summed E-state index contributed by atoms with van der Waals surface area (Å²) in [6.45, 7) is 0.231. The van der Waals surface area contributed by atoms with Gasteiger partial charge in [-0.2, -0.15) is 0 Å². The van der Waals surface area contributed by atoms with Gasteiger partial charge in [-0.15, -0.1) is 0 Å². The van der Waals surface area contributed by atoms with Crippen LogP contribution in [0.4, 0.5) is 0 Å². The number of hydrogen-bond donors (Lipinski definition) is 1. The predicted octanol–water partition coefficient (Wildman–Crippen LogP) is -2.40. The van der Waals surface area contributed by atoms with Crippen molar-refractivity contribution in [1.82, 2.24) is 5.32 Å². The number of fused-ring (bicyclic) bond motifs is 1. The summed E-state index contributed by atoms with van der Waals surface area (Å²) in [6, 6.07) is 5.12. The van der Waals surface area contributed by atoms with Crippen molar-refractivity contribution in [3.05, 3.63) is 18.2 Å². The highest BCUT2D eigenvalue weighted by molar-refractivity contribution is 6.56. The number of rotatable bonds is 1. The first-order valence-corrected chi connectivity index (χ1v) is 6.01. The number of ether oxygens (including phenoxy) is 2. The van der Waals surface area contributed by atoms with Crippen molar-refractivity contribution in [2.45, 2.75) is 16.8 Å². The Morgan fingerprint density at radius 3 is 2.60 bits per heavy atom. The van der Waals surface area contributed by atoms with Gasteiger partial charge < -0.3 is 14.8 Å². The molecule has 9 heteroatoms. The summed E-state index contributed by atoms with van der Waals surface area (Å²) in [6.07, 6.45) is -0.537. The van der Waals surface area contributed by atoms with Crippen LogP contribution in [0.2, 0.25) is 0 Å². The van der Waals surface area contributed by atoms with Crippen molar-refractivity contribution >= 4 is 50.5 Å². The van der Waals surface area contributed by atoms with E-state index in [2.05, 4.69) is 10.3 Å². The second-order valence-electron chi connectivity index (χ2n) is 4.94. The summed E-state index contributed by atoms with van der Waals surface area (Å²) in [5, 5.41) is -0.422. The molecule has 1 unspecified atom stereocenters. The topological polar surface area (TPSA) is 42.8 Å². The van der Waals surface area contributed by atoms with Gasteiger partial charge in [0.25, 0.3) is 0 Å². The molecule has 0 amide bonds. The molecule has 88 valence electrons. The molecule has 4 nitrogen and oxygen atoms in total. The zero-order chi connectivity index (χ0) is 14.5. The first-order valence-electron chi connectivity index (χ1n) is 6.01. The van der Waals surface area contributed by atoms with Crippen LogP contribution in [-0.2, 0) is 0 Å². The standard InChI is InChI=1S/C11H7B5N2O2/c12-5-1-2-6-7(3-5)20-8(4-19-6)9-17-10(13,14)11(15,16)18-9/h1-3,8H,4H2,(H,17,18). The summed E-state index contributed by atoms with van der Waals surface area (Å²) in [7, 11) is 28.7. The van der Waals surface area contributed by atoms with Crippen LogP contribution in [0.25, 0.3) is 0 Å². The van der Waals surface area contributed by atoms with Crippen LogP contribution < -0.4 is 20.3 Å². The number of aliphatic imine (C=N–C) groups is 1. The van der Waals surface area contributed by atoms with E-state index in [1.165, 1.54) is 0 Å². The van der Waals surface area contributed by atoms with Gasteiger partial charge in [0, 0.05) is 0 Å². The van der Waals surface area contributed by atoms with Crippen LogP contribution in [0.1, 0.15) is 0 Å². The van der Waals surface area contributed by atoms with Gasteiger partial charge >= 0.3 is 0 Å². The Bertz CT molecular complexity index is 590. The van der Waals surface area contributed by atoms with E-state index in [0.717, 1.165) is 0 Å². The average Bonchev–Trinajstić information content (AvgIpc) is 2.57. The van der Waals surface area contributed by atoms with E-state index in [-0.39, 0.29) is 6.61 Å². The van der Waals surface area contributed by atoms with Crippen molar-refractivity contribution in [3.63, 3.8) is 0 Å². The number of benzene rings is 1. The first kappa shape index (κ1) is 13.6. The van der Waals surface area contributed by atoms with Crippen molar-refractivity contribution in [1.29, 1.82) is 0 Å². The van der Waals surface area contributed by atoms with Crippen molar-refractivity contribution < 1.29 is 9.47 Å². The third-order valence-corrected chi connectivity index (χ3v) is 3.24. The monoisotopic (exact) mass is 254 g/mol. The Morgan fingerprint density at radius 1 is 1.20 bits per heavy atom. The zero-order valence-electron chi connectivity index (χ0n) is 10.7. The minimum atomic E-state index is -1.62. The maximum Gasteiger partial charge on any atom is 0.189 e. The second kappa shape index (κ2) is 4.30. The lowest BCUT2D eigenvalue weighted by Gasteiger charge is -2.35. The van der Waals surface area contributed by atoms with Gasteiger partial charge in [-0.05, 0) is 22.8 Å². The predicted molar refractivity (Wildman–Crippen MR) is 80.8 cm³/mol. The molecule has 0 aromatic heterocycles. The fraction of sp³-hybridized carbons (Fsp3) is 0.364. The SMILES string of the molecule is [B]c1ccc2c(c1)OC(C1=NC([B])([B])C([B])([B])N1)CO2. The van der Waals surface area contributed by atoms with Crippen LogP contribution >= 0.6 is 0 Å². The van der Waals surface area contributed by atoms with E-state index in [1.54, 1.807) is 18.2 Å². The normalized spacial score (nSPS) is 25.6. The molecular formula is C11H7B5N2O2. The minimum absolute atomic E-state index is 0.231. The van der Waals surface area contributed by atoms with E-state index in [0.29, 0.717) is 22.8 Å². The lowest BCUT2D eigenvalue weighted by atomic mass is 9.39. The van der Waals surface area contributed by atoms with E-state index in [4.69, 9.17) is 48.7 Å². The number of hydrogen-bond acceptors (Lipinski definition) is 4. The average molecular weight is 253 g/mol. The van der Waals surface area contributed by atoms with Gasteiger partial charge in [0.1, 0.15) is 20.3 Å². The maximum atomic E-state index is 5.76. The van der Waals surface area contributed by atoms with E-state index < -0.39 is 16.8 Å². The van der Waals surface area contributed by atoms with E-state index in [1.807, 2.05) is 0 Å². The number of nitrogens with one attached hydrogen (secondary N) is 1. The van der Waals surface area contributed by atoms with Crippen LogP contribution in [0.15, 0.2) is 23.2 Å². The number of amidine groups is 1. The molecule has 0 bridgehead atoms. The fourth-order valence-corrected chi connectivity index (χ4v) is 2.01. The van der Waals surface area contributed by atoms with Crippen LogP contribution in [0.5, 0.6) is 11.5 Å². The molecular weight excluding hydrogens is 246 g/mol. The largest absolute Gasteiger partial charge is 0.485 e. The summed E-state index contributed by atoms with van der Waals surface area (Å²) in [5.41, 5.74) is 0.563. The molecule has 0 saturated carbocycles. The Kier molecular flexibility index (Phi) is 2.92. The molecule has 20 heavy (non-hydrogen) atoms. The van der Waals surface area contributed by atoms with Gasteiger partial charge in [-0.1, -0.05) is 11.5 Å². The summed E-state index contributed by atoms with van der Waals surface area (Å²) >= 11 is 0. The molecule has 1 aromatic rings. The second-order valence-corrected chi connectivity index (χ2v) is 4.94. The molecule has 1 N–H and O–H groups in total. The maximum absolute atomic E-state index is 5.76. The zero-order valence-corrected chi connectivity index (χ0v) is 10.7. The van der Waals surface area contributed by atoms with E-state index in [9.17, 15) is 0 Å². The van der Waals surface area contributed by atoms with Crippen LogP contribution in [0.3, 0.4) is 0 Å². The Morgan fingerprint density at radius 2 is 1.95 bits per heavy atom. The highest BCUT2D eigenvalue weighted by Gasteiger charge is 2.43. The summed E-state index contributed by atoms with van der Waals surface area (Å²) in [5.74, 6) is 1.46. The molecule has 0 saturated heterocycles. The quantitative estimate of drug-likeness (QED) is 0.568. The Balaban J connectivity index is 1.85. The summed E-state index contributed by atoms with van der Waals surface area (Å²) < 4.78 is 11.3. The molecule has 10 radical (unpaired) electrons. The minimum Gasteiger partial charge on any atom is -0.485 e. The molecule has 2 aliphatic rings. The molecule has 2 heterocycles. The van der Waals surface area contributed by atoms with Gasteiger partial charge in [0.05, 0.1) is 31.4 Å². The summed E-state index contributed by atoms with van der Waals surface area (Å²) in [4.78, 5) is 4.07. The third-order valence-electron chi connectivity index (χ3n) is 3.24. The number of nitrogens with zero attached hydrogens (tertiary/aromatic N) is 1. The Hall–Kier alpha value is -1.39. The first-order chi connectivity index (χ1) is 9.28. The van der Waals surface area contributed by atoms with Crippen LogP contribution in [-0.4, -0.2) is 68.5 Å². The third kappa shape index (κ3) is 2.13. The van der Waals surface area contributed by atoms with Crippen molar-refractivity contribution in [2.24, 2.45) is 4.99 Å².